The lowest BCUT2D eigenvalue weighted by Gasteiger charge is -2.36. The first-order valence-corrected chi connectivity index (χ1v) is 9.83. The molecule has 0 bridgehead atoms. The number of hydrogen-bond acceptors (Lipinski definition) is 3. The van der Waals surface area contributed by atoms with Crippen molar-refractivity contribution in [1.29, 1.82) is 0 Å². The Morgan fingerprint density at radius 3 is 2.04 bits per heavy atom. The highest BCUT2D eigenvalue weighted by Crippen LogP contribution is 2.31. The van der Waals surface area contributed by atoms with Gasteiger partial charge in [0.25, 0.3) is 0 Å². The summed E-state index contributed by atoms with van der Waals surface area (Å²) in [6.07, 6.45) is 3.87. The van der Waals surface area contributed by atoms with E-state index < -0.39 is 0 Å². The number of benzene rings is 1. The number of carbonyl (C=O) groups excluding carboxylic acids is 3. The molecule has 2 aliphatic rings. The number of amides is 3. The first kappa shape index (κ1) is 19.4. The van der Waals surface area contributed by atoms with Crippen LogP contribution in [0.2, 0.25) is 0 Å². The lowest BCUT2D eigenvalue weighted by atomic mass is 9.80. The molecule has 0 spiro atoms. The van der Waals surface area contributed by atoms with Crippen LogP contribution in [0.3, 0.4) is 0 Å². The molecule has 6 nitrogen and oxygen atoms in total. The van der Waals surface area contributed by atoms with Crippen LogP contribution in [0.25, 0.3) is 0 Å². The maximum atomic E-state index is 12.7. The molecule has 1 N–H and O–H groups in total. The van der Waals surface area contributed by atoms with Crippen molar-refractivity contribution >= 4 is 23.9 Å². The van der Waals surface area contributed by atoms with Gasteiger partial charge in [0.05, 0.1) is 0 Å². The van der Waals surface area contributed by atoms with Crippen LogP contribution in [-0.2, 0) is 14.4 Å². The fourth-order valence-corrected chi connectivity index (χ4v) is 4.20. The second-order valence-corrected chi connectivity index (χ2v) is 7.88. The standard InChI is InChI=1S/C21H29N3O3/c1-15-11-16(2)13-19(12-15)22-20(26)17-3-5-18(6-4-17)21(27)24-9-7-23(14-25)8-10-24/h11-14,17-18H,3-10H2,1-2H3,(H,22,26). The molecule has 1 saturated heterocycles. The lowest BCUT2D eigenvalue weighted by molar-refractivity contribution is -0.140. The summed E-state index contributed by atoms with van der Waals surface area (Å²) in [6.45, 7) is 6.50. The van der Waals surface area contributed by atoms with Crippen LogP contribution in [0.1, 0.15) is 36.8 Å². The Morgan fingerprint density at radius 1 is 0.926 bits per heavy atom. The maximum Gasteiger partial charge on any atom is 0.227 e. The minimum absolute atomic E-state index is 0.0121. The molecule has 27 heavy (non-hydrogen) atoms. The van der Waals surface area contributed by atoms with Crippen molar-refractivity contribution in [3.63, 3.8) is 0 Å². The van der Waals surface area contributed by atoms with E-state index in [1.54, 1.807) is 4.90 Å². The molecule has 1 saturated carbocycles. The maximum absolute atomic E-state index is 12.7. The molecule has 1 aromatic carbocycles. The van der Waals surface area contributed by atoms with Gasteiger partial charge in [-0.25, -0.2) is 0 Å². The minimum Gasteiger partial charge on any atom is -0.342 e. The van der Waals surface area contributed by atoms with Crippen molar-refractivity contribution < 1.29 is 14.4 Å². The predicted molar refractivity (Wildman–Crippen MR) is 104 cm³/mol. The molecule has 6 heteroatoms. The second kappa shape index (κ2) is 8.55. The SMILES string of the molecule is Cc1cc(C)cc(NC(=O)C2CCC(C(=O)N3CCN(C=O)CC3)CC2)c1. The minimum atomic E-state index is -0.0261. The summed E-state index contributed by atoms with van der Waals surface area (Å²) in [4.78, 5) is 39.7. The molecule has 1 aromatic rings. The van der Waals surface area contributed by atoms with E-state index in [0.717, 1.165) is 48.9 Å². The van der Waals surface area contributed by atoms with E-state index in [1.807, 2.05) is 30.9 Å². The number of aryl methyl sites for hydroxylation is 2. The van der Waals surface area contributed by atoms with Crippen LogP contribution in [0.15, 0.2) is 18.2 Å². The Bertz CT molecular complexity index is 682. The van der Waals surface area contributed by atoms with Crippen LogP contribution in [0.4, 0.5) is 5.69 Å². The summed E-state index contributed by atoms with van der Waals surface area (Å²) in [6, 6.07) is 6.06. The number of piperazine rings is 1. The number of anilines is 1. The molecule has 1 aliphatic carbocycles. The van der Waals surface area contributed by atoms with Crippen molar-refractivity contribution in [3.8, 4) is 0 Å². The third-order valence-electron chi connectivity index (χ3n) is 5.71. The molecule has 0 radical (unpaired) electrons. The summed E-state index contributed by atoms with van der Waals surface area (Å²) >= 11 is 0. The van der Waals surface area contributed by atoms with Gasteiger partial charge in [-0.1, -0.05) is 6.07 Å². The van der Waals surface area contributed by atoms with Gasteiger partial charge in [-0.05, 0) is 62.8 Å². The summed E-state index contributed by atoms with van der Waals surface area (Å²) in [5, 5.41) is 3.04. The third kappa shape index (κ3) is 4.87. The average Bonchev–Trinajstić information content (AvgIpc) is 2.67. The molecule has 3 amide bonds. The van der Waals surface area contributed by atoms with Gasteiger partial charge in [-0.3, -0.25) is 14.4 Å². The van der Waals surface area contributed by atoms with Crippen LogP contribution in [0.5, 0.6) is 0 Å². The number of nitrogens with one attached hydrogen (secondary N) is 1. The number of nitrogens with zero attached hydrogens (tertiary/aromatic N) is 2. The van der Waals surface area contributed by atoms with E-state index in [9.17, 15) is 14.4 Å². The van der Waals surface area contributed by atoms with Gasteiger partial charge in [0.1, 0.15) is 0 Å². The molecular weight excluding hydrogens is 342 g/mol. The second-order valence-electron chi connectivity index (χ2n) is 7.88. The first-order chi connectivity index (χ1) is 13.0. The fourth-order valence-electron chi connectivity index (χ4n) is 4.20. The van der Waals surface area contributed by atoms with Gasteiger partial charge in [0.2, 0.25) is 18.2 Å². The van der Waals surface area contributed by atoms with Crippen molar-refractivity contribution in [3.05, 3.63) is 29.3 Å². The number of hydrogen-bond donors (Lipinski definition) is 1. The van der Waals surface area contributed by atoms with Gasteiger partial charge in [0, 0.05) is 43.7 Å². The highest BCUT2D eigenvalue weighted by atomic mass is 16.2. The zero-order chi connectivity index (χ0) is 19.4. The number of carbonyl (C=O) groups is 3. The molecule has 0 unspecified atom stereocenters. The molecule has 146 valence electrons. The zero-order valence-corrected chi connectivity index (χ0v) is 16.2. The van der Waals surface area contributed by atoms with E-state index in [-0.39, 0.29) is 23.7 Å². The van der Waals surface area contributed by atoms with E-state index in [0.29, 0.717) is 26.2 Å². The van der Waals surface area contributed by atoms with Crippen molar-refractivity contribution in [1.82, 2.24) is 9.80 Å². The van der Waals surface area contributed by atoms with Gasteiger partial charge < -0.3 is 15.1 Å². The highest BCUT2D eigenvalue weighted by molar-refractivity contribution is 5.93. The smallest absolute Gasteiger partial charge is 0.227 e. The predicted octanol–water partition coefficient (Wildman–Crippen LogP) is 2.35. The molecule has 0 aromatic heterocycles. The Kier molecular flexibility index (Phi) is 6.14. The van der Waals surface area contributed by atoms with Gasteiger partial charge in [-0.2, -0.15) is 0 Å². The van der Waals surface area contributed by atoms with Crippen LogP contribution < -0.4 is 5.32 Å². The Hall–Kier alpha value is -2.37. The summed E-state index contributed by atoms with van der Waals surface area (Å²) in [7, 11) is 0. The quantitative estimate of drug-likeness (QED) is 0.826. The monoisotopic (exact) mass is 371 g/mol. The highest BCUT2D eigenvalue weighted by Gasteiger charge is 2.33. The molecular formula is C21H29N3O3. The number of rotatable bonds is 4. The topological polar surface area (TPSA) is 69.7 Å². The van der Waals surface area contributed by atoms with Crippen molar-refractivity contribution in [2.45, 2.75) is 39.5 Å². The summed E-state index contributed by atoms with van der Waals surface area (Å²) in [5.41, 5.74) is 3.12. The fraction of sp³-hybridized carbons (Fsp3) is 0.571. The van der Waals surface area contributed by atoms with Crippen LogP contribution in [0, 0.1) is 25.7 Å². The van der Waals surface area contributed by atoms with E-state index in [1.165, 1.54) is 0 Å². The van der Waals surface area contributed by atoms with Crippen molar-refractivity contribution in [2.24, 2.45) is 11.8 Å². The Morgan fingerprint density at radius 2 is 1.48 bits per heavy atom. The molecule has 2 fully saturated rings. The lowest BCUT2D eigenvalue weighted by Crippen LogP contribution is -2.50. The average molecular weight is 371 g/mol. The Labute approximate surface area is 160 Å². The van der Waals surface area contributed by atoms with E-state index in [4.69, 9.17) is 0 Å². The van der Waals surface area contributed by atoms with Crippen molar-refractivity contribution in [2.75, 3.05) is 31.5 Å². The normalized spacial score (nSPS) is 23.0. The molecule has 3 rings (SSSR count). The van der Waals surface area contributed by atoms with Gasteiger partial charge in [-0.15, -0.1) is 0 Å². The first-order valence-electron chi connectivity index (χ1n) is 9.83. The van der Waals surface area contributed by atoms with E-state index in [2.05, 4.69) is 11.4 Å². The third-order valence-corrected chi connectivity index (χ3v) is 5.71. The Balaban J connectivity index is 1.48. The molecule has 0 atom stereocenters. The van der Waals surface area contributed by atoms with Crippen LogP contribution >= 0.6 is 0 Å². The van der Waals surface area contributed by atoms with Gasteiger partial charge in [0.15, 0.2) is 0 Å². The molecule has 1 heterocycles. The van der Waals surface area contributed by atoms with Crippen LogP contribution in [-0.4, -0.2) is 54.2 Å². The summed E-state index contributed by atoms with van der Waals surface area (Å²) < 4.78 is 0. The molecule has 1 aliphatic heterocycles. The largest absolute Gasteiger partial charge is 0.342 e. The van der Waals surface area contributed by atoms with Gasteiger partial charge >= 0.3 is 0 Å². The summed E-state index contributed by atoms with van der Waals surface area (Å²) in [5.74, 6) is 0.235. The zero-order valence-electron chi connectivity index (χ0n) is 16.2. The van der Waals surface area contributed by atoms with E-state index >= 15 is 0 Å².